The minimum Gasteiger partial charge on any atom is -0.308 e. The Morgan fingerprint density at radius 3 is 2.57 bits per heavy atom. The smallest absolute Gasteiger partial charge is 0.123 e. The second-order valence-electron chi connectivity index (χ2n) is 5.32. The molecule has 1 N–H and O–H groups in total. The zero-order valence-electron chi connectivity index (χ0n) is 12.8. The highest BCUT2D eigenvalue weighted by molar-refractivity contribution is 5.20. The highest BCUT2D eigenvalue weighted by Crippen LogP contribution is 2.19. The SMILES string of the molecule is CCCNC(Cc1ccc(F)cc1)c1ccnn1CCC. The summed E-state index contributed by atoms with van der Waals surface area (Å²) < 4.78 is 15.1. The monoisotopic (exact) mass is 289 g/mol. The Kier molecular flexibility index (Phi) is 5.93. The molecule has 0 bridgehead atoms. The molecule has 2 aromatic rings. The second kappa shape index (κ2) is 7.93. The normalized spacial score (nSPS) is 12.5. The van der Waals surface area contributed by atoms with E-state index in [0.29, 0.717) is 0 Å². The first-order valence-electron chi connectivity index (χ1n) is 7.74. The van der Waals surface area contributed by atoms with Crippen LogP contribution in [-0.2, 0) is 13.0 Å². The van der Waals surface area contributed by atoms with Crippen LogP contribution in [0, 0.1) is 5.82 Å². The van der Waals surface area contributed by atoms with Crippen molar-refractivity contribution in [3.63, 3.8) is 0 Å². The maximum atomic E-state index is 13.0. The van der Waals surface area contributed by atoms with Gasteiger partial charge in [-0.05, 0) is 49.6 Å². The van der Waals surface area contributed by atoms with Crippen LogP contribution < -0.4 is 5.32 Å². The van der Waals surface area contributed by atoms with Crippen LogP contribution in [0.5, 0.6) is 0 Å². The van der Waals surface area contributed by atoms with Gasteiger partial charge in [-0.3, -0.25) is 4.68 Å². The Labute approximate surface area is 126 Å². The van der Waals surface area contributed by atoms with E-state index in [1.807, 2.05) is 18.3 Å². The molecule has 4 heteroatoms. The molecule has 0 saturated heterocycles. The molecule has 1 aromatic heterocycles. The molecule has 1 atom stereocenters. The third-order valence-corrected chi connectivity index (χ3v) is 3.54. The highest BCUT2D eigenvalue weighted by Gasteiger charge is 2.16. The quantitative estimate of drug-likeness (QED) is 0.802. The van der Waals surface area contributed by atoms with Crippen LogP contribution in [-0.4, -0.2) is 16.3 Å². The minimum atomic E-state index is -0.187. The maximum Gasteiger partial charge on any atom is 0.123 e. The van der Waals surface area contributed by atoms with Crippen molar-refractivity contribution in [2.75, 3.05) is 6.54 Å². The predicted octanol–water partition coefficient (Wildman–Crippen LogP) is 3.72. The molecular formula is C17H24FN3. The van der Waals surface area contributed by atoms with Gasteiger partial charge in [0, 0.05) is 12.7 Å². The van der Waals surface area contributed by atoms with E-state index in [9.17, 15) is 4.39 Å². The van der Waals surface area contributed by atoms with Crippen molar-refractivity contribution in [3.05, 3.63) is 53.6 Å². The molecule has 0 spiro atoms. The molecule has 21 heavy (non-hydrogen) atoms. The minimum absolute atomic E-state index is 0.187. The van der Waals surface area contributed by atoms with Crippen molar-refractivity contribution in [2.24, 2.45) is 0 Å². The standard InChI is InChI=1S/C17H24FN3/c1-3-10-19-16(13-14-5-7-15(18)8-6-14)17-9-11-20-21(17)12-4-2/h5-9,11,16,19H,3-4,10,12-13H2,1-2H3. The van der Waals surface area contributed by atoms with E-state index in [-0.39, 0.29) is 11.9 Å². The van der Waals surface area contributed by atoms with E-state index in [4.69, 9.17) is 0 Å². The number of nitrogens with one attached hydrogen (secondary N) is 1. The molecule has 1 heterocycles. The number of aryl methyl sites for hydroxylation is 1. The number of hydrogen-bond donors (Lipinski definition) is 1. The molecule has 0 radical (unpaired) electrons. The van der Waals surface area contributed by atoms with Crippen LogP contribution in [0.15, 0.2) is 36.5 Å². The number of rotatable bonds is 8. The Bertz CT molecular complexity index is 533. The first-order valence-corrected chi connectivity index (χ1v) is 7.74. The first-order chi connectivity index (χ1) is 10.2. The number of nitrogens with zero attached hydrogens (tertiary/aromatic N) is 2. The molecule has 114 valence electrons. The number of aromatic nitrogens is 2. The summed E-state index contributed by atoms with van der Waals surface area (Å²) in [5.41, 5.74) is 2.34. The predicted molar refractivity (Wildman–Crippen MR) is 83.7 cm³/mol. The van der Waals surface area contributed by atoms with Gasteiger partial charge in [0.1, 0.15) is 5.82 Å². The number of hydrogen-bond acceptors (Lipinski definition) is 2. The van der Waals surface area contributed by atoms with E-state index >= 15 is 0 Å². The molecule has 0 amide bonds. The van der Waals surface area contributed by atoms with Crippen molar-refractivity contribution < 1.29 is 4.39 Å². The number of halogens is 1. The molecule has 2 rings (SSSR count). The molecule has 3 nitrogen and oxygen atoms in total. The molecule has 0 aliphatic rings. The van der Waals surface area contributed by atoms with Gasteiger partial charge in [0.2, 0.25) is 0 Å². The lowest BCUT2D eigenvalue weighted by atomic mass is 10.0. The first kappa shape index (κ1) is 15.7. The van der Waals surface area contributed by atoms with Crippen molar-refractivity contribution >= 4 is 0 Å². The van der Waals surface area contributed by atoms with E-state index in [0.717, 1.165) is 37.9 Å². The fourth-order valence-corrected chi connectivity index (χ4v) is 2.49. The van der Waals surface area contributed by atoms with E-state index in [2.05, 4.69) is 35.0 Å². The Morgan fingerprint density at radius 2 is 1.90 bits per heavy atom. The molecular weight excluding hydrogens is 265 g/mol. The summed E-state index contributed by atoms with van der Waals surface area (Å²) in [6, 6.07) is 9.05. The second-order valence-corrected chi connectivity index (χ2v) is 5.32. The molecule has 0 saturated carbocycles. The van der Waals surface area contributed by atoms with Gasteiger partial charge in [-0.2, -0.15) is 5.10 Å². The van der Waals surface area contributed by atoms with Gasteiger partial charge in [-0.1, -0.05) is 26.0 Å². The zero-order valence-corrected chi connectivity index (χ0v) is 12.8. The fraction of sp³-hybridized carbons (Fsp3) is 0.471. The summed E-state index contributed by atoms with van der Waals surface area (Å²) in [6.45, 7) is 6.20. The molecule has 0 aliphatic heterocycles. The average Bonchev–Trinajstić information content (AvgIpc) is 2.94. The topological polar surface area (TPSA) is 29.9 Å². The zero-order chi connectivity index (χ0) is 15.1. The van der Waals surface area contributed by atoms with Gasteiger partial charge >= 0.3 is 0 Å². The van der Waals surface area contributed by atoms with Crippen molar-refractivity contribution in [3.8, 4) is 0 Å². The van der Waals surface area contributed by atoms with E-state index in [1.54, 1.807) is 0 Å². The Balaban J connectivity index is 2.16. The maximum absolute atomic E-state index is 13.0. The van der Waals surface area contributed by atoms with E-state index < -0.39 is 0 Å². The fourth-order valence-electron chi connectivity index (χ4n) is 2.49. The largest absolute Gasteiger partial charge is 0.308 e. The van der Waals surface area contributed by atoms with Gasteiger partial charge in [-0.25, -0.2) is 4.39 Å². The molecule has 0 fully saturated rings. The van der Waals surface area contributed by atoms with Crippen LogP contribution in [0.2, 0.25) is 0 Å². The van der Waals surface area contributed by atoms with Crippen LogP contribution in [0.4, 0.5) is 4.39 Å². The van der Waals surface area contributed by atoms with Gasteiger partial charge < -0.3 is 5.32 Å². The molecule has 0 aliphatic carbocycles. The van der Waals surface area contributed by atoms with Crippen LogP contribution in [0.3, 0.4) is 0 Å². The van der Waals surface area contributed by atoms with Crippen molar-refractivity contribution in [1.29, 1.82) is 0 Å². The lowest BCUT2D eigenvalue weighted by Gasteiger charge is -2.20. The van der Waals surface area contributed by atoms with Gasteiger partial charge in [-0.15, -0.1) is 0 Å². The third kappa shape index (κ3) is 4.39. The van der Waals surface area contributed by atoms with Crippen molar-refractivity contribution in [2.45, 2.75) is 45.7 Å². The van der Waals surface area contributed by atoms with Crippen LogP contribution >= 0.6 is 0 Å². The summed E-state index contributed by atoms with van der Waals surface area (Å²) >= 11 is 0. The average molecular weight is 289 g/mol. The van der Waals surface area contributed by atoms with E-state index in [1.165, 1.54) is 17.8 Å². The molecule has 1 aromatic carbocycles. The molecule has 1 unspecified atom stereocenters. The summed E-state index contributed by atoms with van der Waals surface area (Å²) in [7, 11) is 0. The lowest BCUT2D eigenvalue weighted by molar-refractivity contribution is 0.468. The highest BCUT2D eigenvalue weighted by atomic mass is 19.1. The number of benzene rings is 1. The summed E-state index contributed by atoms with van der Waals surface area (Å²) in [4.78, 5) is 0. The van der Waals surface area contributed by atoms with Crippen LogP contribution in [0.25, 0.3) is 0 Å². The van der Waals surface area contributed by atoms with Gasteiger partial charge in [0.25, 0.3) is 0 Å². The van der Waals surface area contributed by atoms with Crippen molar-refractivity contribution in [1.82, 2.24) is 15.1 Å². The van der Waals surface area contributed by atoms with Crippen LogP contribution in [0.1, 0.15) is 44.0 Å². The van der Waals surface area contributed by atoms with Gasteiger partial charge in [0.15, 0.2) is 0 Å². The Hall–Kier alpha value is -1.68. The summed E-state index contributed by atoms with van der Waals surface area (Å²) in [6.07, 6.45) is 4.85. The van der Waals surface area contributed by atoms with Gasteiger partial charge in [0.05, 0.1) is 11.7 Å². The third-order valence-electron chi connectivity index (χ3n) is 3.54. The Morgan fingerprint density at radius 1 is 1.14 bits per heavy atom. The summed E-state index contributed by atoms with van der Waals surface area (Å²) in [5.74, 6) is -0.187. The summed E-state index contributed by atoms with van der Waals surface area (Å²) in [5, 5.41) is 7.99. The lowest BCUT2D eigenvalue weighted by Crippen LogP contribution is -2.26.